The molecule has 0 heterocycles. The second-order valence-electron chi connectivity index (χ2n) is 13.8. The fourth-order valence-electron chi connectivity index (χ4n) is 4.38. The van der Waals surface area contributed by atoms with E-state index in [1.807, 2.05) is 0 Å². The quantitative estimate of drug-likeness (QED) is 0.0940. The summed E-state index contributed by atoms with van der Waals surface area (Å²) in [6.45, 7) is 10.2. The Labute approximate surface area is 348 Å². The molecule has 0 spiro atoms. The van der Waals surface area contributed by atoms with Gasteiger partial charge in [-0.3, -0.25) is 9.59 Å². The molecule has 13 nitrogen and oxygen atoms in total. The van der Waals surface area contributed by atoms with Gasteiger partial charge in [0.15, 0.2) is 31.6 Å². The molecule has 0 saturated carbocycles. The molecule has 0 saturated heterocycles. The number of urea groups is 2. The Balaban J connectivity index is -0.000000975. The van der Waals surface area contributed by atoms with Gasteiger partial charge in [0, 0.05) is 58.3 Å². The number of benzene rings is 2. The molecule has 2 rings (SSSR count). The van der Waals surface area contributed by atoms with Gasteiger partial charge in [-0.15, -0.1) is 0 Å². The average Bonchev–Trinajstić information content (AvgIpc) is 3.15. The van der Waals surface area contributed by atoms with Crippen LogP contribution in [0.2, 0.25) is 18.1 Å². The smallest absolute Gasteiger partial charge is 0.317 e. The minimum absolute atomic E-state index is 0. The minimum atomic E-state index is -2.06. The van der Waals surface area contributed by atoms with Gasteiger partial charge in [-0.2, -0.15) is 27.0 Å². The van der Waals surface area contributed by atoms with Crippen molar-refractivity contribution in [2.45, 2.75) is 89.8 Å². The summed E-state index contributed by atoms with van der Waals surface area (Å²) in [6, 6.07) is 5.50. The zero-order valence-corrected chi connectivity index (χ0v) is 37.4. The lowest BCUT2D eigenvalue weighted by Crippen LogP contribution is -2.49. The fourth-order valence-corrected chi connectivity index (χ4v) is 5.43. The van der Waals surface area contributed by atoms with E-state index in [0.29, 0.717) is 6.42 Å². The first-order valence-electron chi connectivity index (χ1n) is 17.4. The molecule has 2 aromatic carbocycles. The number of carbonyl (C=O) groups excluding carboxylic acids is 4. The van der Waals surface area contributed by atoms with Crippen LogP contribution in [0.1, 0.15) is 57.6 Å². The molecule has 0 unspecified atom stereocenters. The molecule has 0 aliphatic rings. The molecule has 0 aliphatic carbocycles. The molecule has 20 heteroatoms. The molecule has 4 N–H and O–H groups in total. The number of methoxy groups -OCH3 is 2. The van der Waals surface area contributed by atoms with Crippen molar-refractivity contribution in [3.63, 3.8) is 0 Å². The number of likely N-dealkylation sites (N-methyl/N-ethyl adjacent to an activating group) is 2. The van der Waals surface area contributed by atoms with E-state index < -0.39 is 55.7 Å². The van der Waals surface area contributed by atoms with Crippen LogP contribution in [0.5, 0.6) is 0 Å². The van der Waals surface area contributed by atoms with Gasteiger partial charge in [0.1, 0.15) is 0 Å². The maximum Gasteiger partial charge on any atom is 0.317 e. The molecule has 0 fully saturated rings. The lowest BCUT2D eigenvalue weighted by Gasteiger charge is -2.38. The normalized spacial score (nSPS) is 11.6. The van der Waals surface area contributed by atoms with Crippen LogP contribution in [-0.2, 0) is 36.6 Å². The van der Waals surface area contributed by atoms with Crippen molar-refractivity contribution >= 4 is 59.3 Å². The van der Waals surface area contributed by atoms with Gasteiger partial charge in [-0.1, -0.05) is 45.0 Å². The molecule has 0 radical (unpaired) electrons. The number of esters is 2. The van der Waals surface area contributed by atoms with Crippen molar-refractivity contribution < 1.29 is 60.9 Å². The molecule has 328 valence electrons. The number of aliphatic hydroxyl groups is 2. The van der Waals surface area contributed by atoms with Crippen LogP contribution < -0.4 is 10.6 Å². The summed E-state index contributed by atoms with van der Waals surface area (Å²) in [6.07, 6.45) is 0.775. The fraction of sp³-hybridized carbons (Fsp3) is 0.568. The molecule has 2 atom stereocenters. The third kappa shape index (κ3) is 20.1. The summed E-state index contributed by atoms with van der Waals surface area (Å²) < 4.78 is 69.2. The Hall–Kier alpha value is -3.56. The Morgan fingerprint density at radius 2 is 1.11 bits per heavy atom. The van der Waals surface area contributed by atoms with E-state index in [-0.39, 0.29) is 101 Å². The maximum atomic E-state index is 13.8. The Bertz CT molecular complexity index is 1530. The average molecular weight is 875 g/mol. The van der Waals surface area contributed by atoms with Gasteiger partial charge in [0.2, 0.25) is 0 Å². The third-order valence-electron chi connectivity index (χ3n) is 9.13. The van der Waals surface area contributed by atoms with Crippen LogP contribution in [0.3, 0.4) is 0 Å². The maximum absolute atomic E-state index is 13.8. The van der Waals surface area contributed by atoms with Crippen molar-refractivity contribution in [1.29, 1.82) is 0 Å². The van der Waals surface area contributed by atoms with Crippen molar-refractivity contribution in [2.75, 3.05) is 48.6 Å². The van der Waals surface area contributed by atoms with Gasteiger partial charge >= 0.3 is 24.0 Å². The summed E-state index contributed by atoms with van der Waals surface area (Å²) in [5, 5.41) is 21.3. The summed E-state index contributed by atoms with van der Waals surface area (Å²) >= 11 is 0. The number of hydrogen-bond acceptors (Lipinski definition) is 9. The SMILES string of the molecule is CO.COC(=O)CC[C@@H](CO)N(C)C(=O)NCc1cccc(F)c1F.COC(=O)CC[C@@H](CO[Si](C)(C)C(C)(C)C)N(C)C(=O)NCc1cccc(F)c1F.S.S. The van der Waals surface area contributed by atoms with E-state index in [1.165, 1.54) is 55.3 Å². The van der Waals surface area contributed by atoms with E-state index in [0.717, 1.165) is 19.2 Å². The first-order valence-corrected chi connectivity index (χ1v) is 20.3. The predicted molar refractivity (Wildman–Crippen MR) is 222 cm³/mol. The molecular weight excluding hydrogens is 813 g/mol. The van der Waals surface area contributed by atoms with Gasteiger partial charge in [0.05, 0.1) is 39.5 Å². The highest BCUT2D eigenvalue weighted by Crippen LogP contribution is 2.36. The largest absolute Gasteiger partial charge is 0.469 e. The number of carbonyl (C=O) groups is 4. The predicted octanol–water partition coefficient (Wildman–Crippen LogP) is 5.70. The zero-order valence-electron chi connectivity index (χ0n) is 34.4. The van der Waals surface area contributed by atoms with E-state index in [1.54, 1.807) is 7.05 Å². The summed E-state index contributed by atoms with van der Waals surface area (Å²) in [7, 11) is 4.53. The number of hydrogen-bond donors (Lipinski definition) is 4. The van der Waals surface area contributed by atoms with Crippen molar-refractivity contribution in [3.8, 4) is 0 Å². The lowest BCUT2D eigenvalue weighted by atomic mass is 10.1. The van der Waals surface area contributed by atoms with Crippen molar-refractivity contribution in [3.05, 3.63) is 70.8 Å². The van der Waals surface area contributed by atoms with Gasteiger partial charge in [-0.25, -0.2) is 27.2 Å². The molecule has 0 aliphatic heterocycles. The number of nitrogens with one attached hydrogen (secondary N) is 2. The van der Waals surface area contributed by atoms with E-state index >= 15 is 0 Å². The van der Waals surface area contributed by atoms with Crippen LogP contribution in [-0.4, -0.2) is 113 Å². The number of rotatable bonds is 16. The second-order valence-corrected chi connectivity index (χ2v) is 18.6. The highest BCUT2D eigenvalue weighted by Gasteiger charge is 2.38. The molecule has 0 bridgehead atoms. The minimum Gasteiger partial charge on any atom is -0.469 e. The first-order chi connectivity index (χ1) is 25.7. The van der Waals surface area contributed by atoms with Gasteiger partial charge in [0.25, 0.3) is 0 Å². The summed E-state index contributed by atoms with van der Waals surface area (Å²) in [5.41, 5.74) is 0.0715. The van der Waals surface area contributed by atoms with E-state index in [9.17, 15) is 41.8 Å². The van der Waals surface area contributed by atoms with Crippen LogP contribution >= 0.6 is 27.0 Å². The van der Waals surface area contributed by atoms with Crippen molar-refractivity contribution in [1.82, 2.24) is 20.4 Å². The zero-order chi connectivity index (χ0) is 42.5. The molecule has 57 heavy (non-hydrogen) atoms. The molecule has 0 aromatic heterocycles. The second kappa shape index (κ2) is 28.8. The van der Waals surface area contributed by atoms with E-state index in [2.05, 4.69) is 49.2 Å². The number of amides is 4. The molecule has 2 aromatic rings. The van der Waals surface area contributed by atoms with Gasteiger partial charge < -0.3 is 44.5 Å². The highest BCUT2D eigenvalue weighted by atomic mass is 32.1. The summed E-state index contributed by atoms with van der Waals surface area (Å²) in [4.78, 5) is 50.0. The number of nitrogens with zero attached hydrogens (tertiary/aromatic N) is 2. The van der Waals surface area contributed by atoms with Crippen LogP contribution in [0, 0.1) is 23.3 Å². The number of halogens is 4. The first kappa shape index (κ1) is 57.8. The monoisotopic (exact) mass is 874 g/mol. The van der Waals surface area contributed by atoms with Crippen LogP contribution in [0.15, 0.2) is 36.4 Å². The number of aliphatic hydroxyl groups excluding tert-OH is 2. The Kier molecular flexibility index (Phi) is 29.2. The molecule has 4 amide bonds. The summed E-state index contributed by atoms with van der Waals surface area (Å²) in [5.74, 6) is -4.77. The topological polar surface area (TPSA) is 167 Å². The lowest BCUT2D eigenvalue weighted by molar-refractivity contribution is -0.141. The Morgan fingerprint density at radius 1 is 0.737 bits per heavy atom. The van der Waals surface area contributed by atoms with Gasteiger partial charge in [-0.05, 0) is 43.1 Å². The third-order valence-corrected chi connectivity index (χ3v) is 13.6. The van der Waals surface area contributed by atoms with Crippen LogP contribution in [0.25, 0.3) is 0 Å². The van der Waals surface area contributed by atoms with Crippen LogP contribution in [0.4, 0.5) is 27.2 Å². The van der Waals surface area contributed by atoms with E-state index in [4.69, 9.17) is 14.3 Å². The highest BCUT2D eigenvalue weighted by molar-refractivity contribution is 7.59. The number of ether oxygens (including phenoxy) is 2. The standard InChI is InChI=1S/C21H34F2N2O4Si.C15H20F2N2O4.CH4O.2H2S/c1-21(2,3)30(6,7)29-14-16(11-12-18(26)28-5)25(4)20(27)24-13-15-9-8-10-17(22)19(15)23;1-19(11(9-20)6-7-13(21)23-2)15(22)18-8-10-4-3-5-12(16)14(10)17;1-2;;/h8-10,16H,11-14H2,1-7H3,(H,24,27);3-5,11,20H,6-9H2,1-2H3,(H,18,22);2H,1H3;2*1H2/t16-;11-;;;/m00.../s1. The molecular formula is C37H62F4N4O9S2Si. The Morgan fingerprint density at radius 3 is 1.46 bits per heavy atom. The van der Waals surface area contributed by atoms with Crippen molar-refractivity contribution in [2.24, 2.45) is 0 Å².